The van der Waals surface area contributed by atoms with Crippen molar-refractivity contribution in [1.82, 2.24) is 0 Å². The molecule has 0 aliphatic heterocycles. The van der Waals surface area contributed by atoms with Gasteiger partial charge in [-0.1, -0.05) is 6.07 Å². The molecule has 14 heavy (non-hydrogen) atoms. The molecular weight excluding hydrogens is 181 g/mol. The van der Waals surface area contributed by atoms with Crippen molar-refractivity contribution in [2.75, 3.05) is 6.61 Å². The van der Waals surface area contributed by atoms with Gasteiger partial charge in [0, 0.05) is 12.1 Å². The first-order chi connectivity index (χ1) is 6.63. The van der Waals surface area contributed by atoms with Crippen LogP contribution in [0.15, 0.2) is 18.2 Å². The maximum Gasteiger partial charge on any atom is 0.126 e. The Morgan fingerprint density at radius 1 is 1.50 bits per heavy atom. The molecule has 0 aliphatic carbocycles. The number of hydrogen-bond acceptors (Lipinski definition) is 2. The summed E-state index contributed by atoms with van der Waals surface area (Å²) in [6.45, 7) is 4.33. The minimum Gasteiger partial charge on any atom is -0.493 e. The van der Waals surface area contributed by atoms with E-state index < -0.39 is 0 Å². The lowest BCUT2D eigenvalue weighted by molar-refractivity contribution is 0.334. The van der Waals surface area contributed by atoms with E-state index in [0.717, 1.165) is 5.56 Å². The lowest BCUT2D eigenvalue weighted by atomic mass is 10.1. The van der Waals surface area contributed by atoms with Gasteiger partial charge in [0.1, 0.15) is 11.6 Å². The summed E-state index contributed by atoms with van der Waals surface area (Å²) in [7, 11) is 0. The minimum atomic E-state index is -0.276. The number of halogens is 1. The van der Waals surface area contributed by atoms with Gasteiger partial charge in [0.15, 0.2) is 0 Å². The van der Waals surface area contributed by atoms with E-state index in [9.17, 15) is 4.39 Å². The average molecular weight is 197 g/mol. The van der Waals surface area contributed by atoms with E-state index in [-0.39, 0.29) is 11.9 Å². The normalized spacial score (nSPS) is 12.6. The Morgan fingerprint density at radius 2 is 2.21 bits per heavy atom. The Balaban J connectivity index is 2.89. The second kappa shape index (κ2) is 4.96. The Hall–Kier alpha value is -1.09. The van der Waals surface area contributed by atoms with Crippen molar-refractivity contribution in [1.29, 1.82) is 0 Å². The SMILES string of the molecule is CCOc1cc(F)ccc1CC(C)N. The maximum absolute atomic E-state index is 12.9. The third-order valence-electron chi connectivity index (χ3n) is 1.87. The Bertz CT molecular complexity index is 299. The van der Waals surface area contributed by atoms with Gasteiger partial charge in [-0.15, -0.1) is 0 Å². The fourth-order valence-electron chi connectivity index (χ4n) is 1.33. The zero-order valence-electron chi connectivity index (χ0n) is 8.59. The molecule has 0 saturated heterocycles. The molecule has 0 bridgehead atoms. The highest BCUT2D eigenvalue weighted by atomic mass is 19.1. The van der Waals surface area contributed by atoms with Crippen molar-refractivity contribution >= 4 is 0 Å². The maximum atomic E-state index is 12.9. The molecular formula is C11H16FNO. The summed E-state index contributed by atoms with van der Waals surface area (Å²) in [5.41, 5.74) is 6.64. The second-order valence-electron chi connectivity index (χ2n) is 3.37. The highest BCUT2D eigenvalue weighted by Gasteiger charge is 2.06. The predicted octanol–water partition coefficient (Wildman–Crippen LogP) is 2.11. The second-order valence-corrected chi connectivity index (χ2v) is 3.37. The summed E-state index contributed by atoms with van der Waals surface area (Å²) in [4.78, 5) is 0. The molecule has 0 fully saturated rings. The molecule has 2 N–H and O–H groups in total. The first-order valence-corrected chi connectivity index (χ1v) is 4.80. The predicted molar refractivity (Wildman–Crippen MR) is 54.9 cm³/mol. The lowest BCUT2D eigenvalue weighted by Gasteiger charge is -2.11. The molecule has 3 heteroatoms. The molecule has 78 valence electrons. The third kappa shape index (κ3) is 3.00. The van der Waals surface area contributed by atoms with Crippen molar-refractivity contribution < 1.29 is 9.13 Å². The van der Waals surface area contributed by atoms with Crippen LogP contribution in [0, 0.1) is 5.82 Å². The Kier molecular flexibility index (Phi) is 3.89. The zero-order chi connectivity index (χ0) is 10.6. The highest BCUT2D eigenvalue weighted by molar-refractivity contribution is 5.34. The topological polar surface area (TPSA) is 35.2 Å². The standard InChI is InChI=1S/C11H16FNO/c1-3-14-11-7-10(12)5-4-9(11)6-8(2)13/h4-5,7-8H,3,6,13H2,1-2H3. The molecule has 0 heterocycles. The Morgan fingerprint density at radius 3 is 2.79 bits per heavy atom. The molecule has 0 radical (unpaired) electrons. The molecule has 0 aromatic heterocycles. The van der Waals surface area contributed by atoms with Crippen LogP contribution in [-0.4, -0.2) is 12.6 Å². The summed E-state index contributed by atoms with van der Waals surface area (Å²) in [6, 6.07) is 4.62. The van der Waals surface area contributed by atoms with Crippen molar-refractivity contribution in [3.05, 3.63) is 29.6 Å². The molecule has 0 saturated carbocycles. The smallest absolute Gasteiger partial charge is 0.126 e. The van der Waals surface area contributed by atoms with Crippen molar-refractivity contribution in [2.45, 2.75) is 26.3 Å². The summed E-state index contributed by atoms with van der Waals surface area (Å²) < 4.78 is 18.2. The van der Waals surface area contributed by atoms with E-state index in [4.69, 9.17) is 10.5 Å². The van der Waals surface area contributed by atoms with Gasteiger partial charge >= 0.3 is 0 Å². The largest absolute Gasteiger partial charge is 0.493 e. The quantitative estimate of drug-likeness (QED) is 0.802. The summed E-state index contributed by atoms with van der Waals surface area (Å²) >= 11 is 0. The van der Waals surface area contributed by atoms with E-state index in [1.807, 2.05) is 13.8 Å². The van der Waals surface area contributed by atoms with E-state index >= 15 is 0 Å². The first-order valence-electron chi connectivity index (χ1n) is 4.80. The van der Waals surface area contributed by atoms with Crippen LogP contribution in [-0.2, 0) is 6.42 Å². The number of nitrogens with two attached hydrogens (primary N) is 1. The van der Waals surface area contributed by atoms with Crippen LogP contribution in [0.3, 0.4) is 0 Å². The summed E-state index contributed by atoms with van der Waals surface area (Å²) in [5.74, 6) is 0.326. The number of benzene rings is 1. The van der Waals surface area contributed by atoms with Crippen LogP contribution in [0.25, 0.3) is 0 Å². The fraction of sp³-hybridized carbons (Fsp3) is 0.455. The van der Waals surface area contributed by atoms with Gasteiger partial charge in [-0.2, -0.15) is 0 Å². The highest BCUT2D eigenvalue weighted by Crippen LogP contribution is 2.21. The summed E-state index contributed by atoms with van der Waals surface area (Å²) in [6.07, 6.45) is 0.704. The van der Waals surface area contributed by atoms with Crippen molar-refractivity contribution in [3.63, 3.8) is 0 Å². The molecule has 1 aromatic carbocycles. The number of rotatable bonds is 4. The van der Waals surface area contributed by atoms with Crippen LogP contribution in [0.5, 0.6) is 5.75 Å². The molecule has 0 aliphatic rings. The van der Waals surface area contributed by atoms with Gasteiger partial charge in [0.25, 0.3) is 0 Å². The van der Waals surface area contributed by atoms with Gasteiger partial charge in [-0.3, -0.25) is 0 Å². The van der Waals surface area contributed by atoms with Crippen LogP contribution >= 0.6 is 0 Å². The molecule has 0 spiro atoms. The zero-order valence-corrected chi connectivity index (χ0v) is 8.59. The van der Waals surface area contributed by atoms with Crippen LogP contribution in [0.2, 0.25) is 0 Å². The molecule has 2 nitrogen and oxygen atoms in total. The average Bonchev–Trinajstić information content (AvgIpc) is 2.09. The van der Waals surface area contributed by atoms with Gasteiger partial charge in [0.05, 0.1) is 6.61 Å². The molecule has 1 atom stereocenters. The van der Waals surface area contributed by atoms with Crippen LogP contribution in [0.4, 0.5) is 4.39 Å². The van der Waals surface area contributed by atoms with Gasteiger partial charge < -0.3 is 10.5 Å². The van der Waals surface area contributed by atoms with E-state index in [2.05, 4.69) is 0 Å². The molecule has 1 unspecified atom stereocenters. The Labute approximate surface area is 83.9 Å². The third-order valence-corrected chi connectivity index (χ3v) is 1.87. The molecule has 0 amide bonds. The van der Waals surface area contributed by atoms with E-state index in [1.54, 1.807) is 6.07 Å². The fourth-order valence-corrected chi connectivity index (χ4v) is 1.33. The molecule has 1 aromatic rings. The first kappa shape index (κ1) is 11.0. The van der Waals surface area contributed by atoms with Gasteiger partial charge in [-0.05, 0) is 31.9 Å². The number of ether oxygens (including phenoxy) is 1. The van der Waals surface area contributed by atoms with Crippen molar-refractivity contribution in [2.24, 2.45) is 5.73 Å². The lowest BCUT2D eigenvalue weighted by Crippen LogP contribution is -2.18. The monoisotopic (exact) mass is 197 g/mol. The molecule has 1 rings (SSSR count). The van der Waals surface area contributed by atoms with E-state index in [0.29, 0.717) is 18.8 Å². The minimum absolute atomic E-state index is 0.0552. The number of hydrogen-bond donors (Lipinski definition) is 1. The van der Waals surface area contributed by atoms with Crippen LogP contribution in [0.1, 0.15) is 19.4 Å². The van der Waals surface area contributed by atoms with Crippen LogP contribution < -0.4 is 10.5 Å². The van der Waals surface area contributed by atoms with Gasteiger partial charge in [0.2, 0.25) is 0 Å². The van der Waals surface area contributed by atoms with E-state index in [1.165, 1.54) is 12.1 Å². The van der Waals surface area contributed by atoms with Gasteiger partial charge in [-0.25, -0.2) is 4.39 Å². The van der Waals surface area contributed by atoms with Crippen molar-refractivity contribution in [3.8, 4) is 5.75 Å². The summed E-state index contributed by atoms with van der Waals surface area (Å²) in [5, 5.41) is 0.